The summed E-state index contributed by atoms with van der Waals surface area (Å²) in [5.74, 6) is -1.57. The van der Waals surface area contributed by atoms with E-state index in [9.17, 15) is 18.4 Å². The second kappa shape index (κ2) is 9.81. The predicted molar refractivity (Wildman–Crippen MR) is 119 cm³/mol. The van der Waals surface area contributed by atoms with Gasteiger partial charge in [-0.3, -0.25) is 9.59 Å². The molecule has 0 atom stereocenters. The number of nitrogens with zero attached hydrogens (tertiary/aromatic N) is 2. The number of carbonyl (C=O) groups excluding carboxylic acids is 2. The highest BCUT2D eigenvalue weighted by Crippen LogP contribution is 2.30. The van der Waals surface area contributed by atoms with Crippen LogP contribution in [-0.2, 0) is 16.0 Å². The lowest BCUT2D eigenvalue weighted by molar-refractivity contribution is -0.122. The van der Waals surface area contributed by atoms with Crippen molar-refractivity contribution in [3.63, 3.8) is 0 Å². The normalized spacial score (nSPS) is 14.3. The molecular formula is C24H24F2N4O3. The maximum absolute atomic E-state index is 13.9. The SMILES string of the molecule is NC(=O)C1CCN(c2ccccc2NC(=O)CCc2ncc(-c3ccc(F)cc3F)o2)CC1. The fourth-order valence-electron chi connectivity index (χ4n) is 3.93. The number of hydrogen-bond acceptors (Lipinski definition) is 5. The van der Waals surface area contributed by atoms with Crippen LogP contribution in [-0.4, -0.2) is 29.9 Å². The zero-order chi connectivity index (χ0) is 23.4. The third-order valence-corrected chi connectivity index (χ3v) is 5.73. The fraction of sp³-hybridized carbons (Fsp3) is 0.292. The Bertz CT molecular complexity index is 1160. The van der Waals surface area contributed by atoms with Gasteiger partial charge in [-0.05, 0) is 37.1 Å². The van der Waals surface area contributed by atoms with E-state index < -0.39 is 11.6 Å². The van der Waals surface area contributed by atoms with Crippen LogP contribution in [0.5, 0.6) is 0 Å². The average molecular weight is 454 g/mol. The number of aryl methyl sites for hydroxylation is 1. The van der Waals surface area contributed by atoms with Crippen LogP contribution in [0.4, 0.5) is 20.2 Å². The van der Waals surface area contributed by atoms with Crippen LogP contribution in [0.2, 0.25) is 0 Å². The highest BCUT2D eigenvalue weighted by molar-refractivity contribution is 5.94. The molecule has 2 amide bonds. The molecule has 1 aliphatic rings. The molecule has 33 heavy (non-hydrogen) atoms. The number of nitrogens with two attached hydrogens (primary N) is 1. The molecule has 2 heterocycles. The number of rotatable bonds is 7. The number of anilines is 2. The Morgan fingerprint density at radius 3 is 2.64 bits per heavy atom. The van der Waals surface area contributed by atoms with Crippen molar-refractivity contribution in [3.8, 4) is 11.3 Å². The van der Waals surface area contributed by atoms with E-state index >= 15 is 0 Å². The van der Waals surface area contributed by atoms with Gasteiger partial charge in [-0.15, -0.1) is 0 Å². The first kappa shape index (κ1) is 22.4. The van der Waals surface area contributed by atoms with Gasteiger partial charge in [0.15, 0.2) is 11.7 Å². The van der Waals surface area contributed by atoms with Crippen molar-refractivity contribution in [2.75, 3.05) is 23.3 Å². The van der Waals surface area contributed by atoms with E-state index in [2.05, 4.69) is 15.2 Å². The Morgan fingerprint density at radius 2 is 1.91 bits per heavy atom. The molecule has 1 fully saturated rings. The smallest absolute Gasteiger partial charge is 0.224 e. The molecule has 0 unspecified atom stereocenters. The minimum absolute atomic E-state index is 0.105. The van der Waals surface area contributed by atoms with Crippen molar-refractivity contribution in [2.45, 2.75) is 25.7 Å². The molecule has 3 N–H and O–H groups in total. The first-order valence-electron chi connectivity index (χ1n) is 10.7. The van der Waals surface area contributed by atoms with Crippen LogP contribution in [0, 0.1) is 17.6 Å². The minimum atomic E-state index is -0.744. The largest absolute Gasteiger partial charge is 0.441 e. The van der Waals surface area contributed by atoms with Gasteiger partial charge in [-0.1, -0.05) is 12.1 Å². The lowest BCUT2D eigenvalue weighted by atomic mass is 9.96. The van der Waals surface area contributed by atoms with Crippen LogP contribution in [0.15, 0.2) is 53.1 Å². The quantitative estimate of drug-likeness (QED) is 0.564. The molecule has 0 saturated carbocycles. The number of para-hydroxylation sites is 2. The summed E-state index contributed by atoms with van der Waals surface area (Å²) in [5.41, 5.74) is 7.09. The van der Waals surface area contributed by atoms with Crippen molar-refractivity contribution in [1.82, 2.24) is 4.98 Å². The van der Waals surface area contributed by atoms with Gasteiger partial charge in [0.2, 0.25) is 11.8 Å². The van der Waals surface area contributed by atoms with E-state index in [1.807, 2.05) is 24.3 Å². The Labute approximate surface area is 189 Å². The summed E-state index contributed by atoms with van der Waals surface area (Å²) >= 11 is 0. The second-order valence-electron chi connectivity index (χ2n) is 7.97. The summed E-state index contributed by atoms with van der Waals surface area (Å²) in [6.07, 6.45) is 3.05. The van der Waals surface area contributed by atoms with Gasteiger partial charge >= 0.3 is 0 Å². The molecule has 2 aromatic carbocycles. The summed E-state index contributed by atoms with van der Waals surface area (Å²) in [5, 5.41) is 2.92. The number of primary amides is 1. The fourth-order valence-corrected chi connectivity index (χ4v) is 3.93. The molecule has 9 heteroatoms. The number of halogens is 2. The zero-order valence-electron chi connectivity index (χ0n) is 17.9. The number of piperidine rings is 1. The summed E-state index contributed by atoms with van der Waals surface area (Å²) < 4.78 is 32.6. The number of carbonyl (C=O) groups is 2. The number of nitrogens with one attached hydrogen (secondary N) is 1. The zero-order valence-corrected chi connectivity index (χ0v) is 17.9. The lowest BCUT2D eigenvalue weighted by Crippen LogP contribution is -2.38. The number of oxazole rings is 1. The van der Waals surface area contributed by atoms with Gasteiger partial charge in [0, 0.05) is 37.9 Å². The molecular weight excluding hydrogens is 430 g/mol. The lowest BCUT2D eigenvalue weighted by Gasteiger charge is -2.33. The number of benzene rings is 2. The molecule has 7 nitrogen and oxygen atoms in total. The van der Waals surface area contributed by atoms with Gasteiger partial charge in [0.25, 0.3) is 0 Å². The summed E-state index contributed by atoms with van der Waals surface area (Å²) in [7, 11) is 0. The van der Waals surface area contributed by atoms with Gasteiger partial charge in [-0.2, -0.15) is 0 Å². The van der Waals surface area contributed by atoms with Crippen molar-refractivity contribution in [3.05, 3.63) is 66.2 Å². The van der Waals surface area contributed by atoms with E-state index in [1.165, 1.54) is 12.3 Å². The van der Waals surface area contributed by atoms with Gasteiger partial charge < -0.3 is 20.4 Å². The van der Waals surface area contributed by atoms with Crippen molar-refractivity contribution in [1.29, 1.82) is 0 Å². The maximum Gasteiger partial charge on any atom is 0.224 e. The number of hydrogen-bond donors (Lipinski definition) is 2. The number of amides is 2. The Hall–Kier alpha value is -3.75. The molecule has 172 valence electrons. The first-order chi connectivity index (χ1) is 15.9. The monoisotopic (exact) mass is 454 g/mol. The van der Waals surface area contributed by atoms with E-state index in [0.29, 0.717) is 31.6 Å². The van der Waals surface area contributed by atoms with Crippen molar-refractivity contribution >= 4 is 23.2 Å². The minimum Gasteiger partial charge on any atom is -0.441 e. The van der Waals surface area contributed by atoms with Gasteiger partial charge in [0.1, 0.15) is 11.6 Å². The highest BCUT2D eigenvalue weighted by Gasteiger charge is 2.24. The highest BCUT2D eigenvalue weighted by atomic mass is 19.1. The molecule has 0 radical (unpaired) electrons. The molecule has 4 rings (SSSR count). The third kappa shape index (κ3) is 5.36. The van der Waals surface area contributed by atoms with Crippen LogP contribution in [0.1, 0.15) is 25.2 Å². The van der Waals surface area contributed by atoms with Crippen LogP contribution in [0.3, 0.4) is 0 Å². The van der Waals surface area contributed by atoms with Crippen molar-refractivity contribution in [2.24, 2.45) is 11.7 Å². The third-order valence-electron chi connectivity index (χ3n) is 5.73. The molecule has 3 aromatic rings. The molecule has 1 aliphatic heterocycles. The predicted octanol–water partition coefficient (Wildman–Crippen LogP) is 3.89. The Balaban J connectivity index is 1.36. The Morgan fingerprint density at radius 1 is 1.15 bits per heavy atom. The molecule has 1 aromatic heterocycles. The van der Waals surface area contributed by atoms with Gasteiger partial charge in [0.05, 0.1) is 23.1 Å². The second-order valence-corrected chi connectivity index (χ2v) is 7.97. The molecule has 1 saturated heterocycles. The van der Waals surface area contributed by atoms with Crippen LogP contribution >= 0.6 is 0 Å². The standard InChI is InChI=1S/C24H24F2N4O3/c25-16-5-6-17(18(26)13-16)21-14-28-23(33-21)8-7-22(31)29-19-3-1-2-4-20(19)30-11-9-15(10-12-30)24(27)32/h1-6,13-15H,7-12H2,(H2,27,32)(H,29,31). The first-order valence-corrected chi connectivity index (χ1v) is 10.7. The Kier molecular flexibility index (Phi) is 6.67. The van der Waals surface area contributed by atoms with Crippen LogP contribution in [0.25, 0.3) is 11.3 Å². The van der Waals surface area contributed by atoms with E-state index in [1.54, 1.807) is 0 Å². The van der Waals surface area contributed by atoms with Crippen molar-refractivity contribution < 1.29 is 22.8 Å². The van der Waals surface area contributed by atoms with E-state index in [4.69, 9.17) is 10.2 Å². The van der Waals surface area contributed by atoms with Gasteiger partial charge in [-0.25, -0.2) is 13.8 Å². The summed E-state index contributed by atoms with van der Waals surface area (Å²) in [4.78, 5) is 30.2. The number of aromatic nitrogens is 1. The van der Waals surface area contributed by atoms with E-state index in [0.717, 1.165) is 17.8 Å². The molecule has 0 aliphatic carbocycles. The van der Waals surface area contributed by atoms with E-state index in [-0.39, 0.29) is 47.8 Å². The average Bonchev–Trinajstić information content (AvgIpc) is 3.27. The van der Waals surface area contributed by atoms with Crippen LogP contribution < -0.4 is 16.0 Å². The molecule has 0 spiro atoms. The summed E-state index contributed by atoms with van der Waals surface area (Å²) in [6, 6.07) is 10.7. The topological polar surface area (TPSA) is 101 Å². The maximum atomic E-state index is 13.9. The summed E-state index contributed by atoms with van der Waals surface area (Å²) in [6.45, 7) is 1.36. The molecule has 0 bridgehead atoms.